The molecule has 1 unspecified atom stereocenters. The molecular formula is C16H24N2O3. The number of carbonyl (C=O) groups is 2. The molecule has 5 heteroatoms. The first-order valence-corrected chi connectivity index (χ1v) is 7.25. The summed E-state index contributed by atoms with van der Waals surface area (Å²) < 4.78 is 0. The van der Waals surface area contributed by atoms with Crippen LogP contribution in [0.4, 0.5) is 5.69 Å². The smallest absolute Gasteiger partial charge is 0.303 e. The molecule has 1 aromatic carbocycles. The summed E-state index contributed by atoms with van der Waals surface area (Å²) in [5, 5.41) is 8.76. The van der Waals surface area contributed by atoms with Gasteiger partial charge in [0.05, 0.1) is 5.92 Å². The summed E-state index contributed by atoms with van der Waals surface area (Å²) in [5.74, 6) is -0.998. The summed E-state index contributed by atoms with van der Waals surface area (Å²) in [5.41, 5.74) is 6.51. The SMILES string of the molecule is CC(C)C(CN)C(=O)N(CCCC(=O)O)c1ccccc1. The number of anilines is 1. The van der Waals surface area contributed by atoms with E-state index in [-0.39, 0.29) is 24.2 Å². The van der Waals surface area contributed by atoms with Gasteiger partial charge in [0.15, 0.2) is 0 Å². The van der Waals surface area contributed by atoms with Crippen molar-refractivity contribution in [2.45, 2.75) is 26.7 Å². The molecule has 3 N–H and O–H groups in total. The number of para-hydroxylation sites is 1. The lowest BCUT2D eigenvalue weighted by atomic mass is 9.94. The van der Waals surface area contributed by atoms with Crippen LogP contribution in [0.15, 0.2) is 30.3 Å². The number of rotatable bonds is 8. The van der Waals surface area contributed by atoms with Gasteiger partial charge in [-0.1, -0.05) is 32.0 Å². The van der Waals surface area contributed by atoms with E-state index in [2.05, 4.69) is 0 Å². The fraction of sp³-hybridized carbons (Fsp3) is 0.500. The van der Waals surface area contributed by atoms with Crippen LogP contribution in [0.1, 0.15) is 26.7 Å². The average molecular weight is 292 g/mol. The van der Waals surface area contributed by atoms with Crippen LogP contribution in [0, 0.1) is 11.8 Å². The summed E-state index contributed by atoms with van der Waals surface area (Å²) in [6.07, 6.45) is 0.469. The molecule has 1 rings (SSSR count). The third-order valence-corrected chi connectivity index (χ3v) is 3.48. The highest BCUT2D eigenvalue weighted by Gasteiger charge is 2.26. The van der Waals surface area contributed by atoms with E-state index in [0.29, 0.717) is 19.5 Å². The number of amides is 1. The maximum absolute atomic E-state index is 12.7. The third-order valence-electron chi connectivity index (χ3n) is 3.48. The Morgan fingerprint density at radius 3 is 2.33 bits per heavy atom. The number of hydrogen-bond acceptors (Lipinski definition) is 3. The van der Waals surface area contributed by atoms with Crippen molar-refractivity contribution in [3.63, 3.8) is 0 Å². The van der Waals surface area contributed by atoms with Gasteiger partial charge >= 0.3 is 5.97 Å². The van der Waals surface area contributed by atoms with Gasteiger partial charge in [0.2, 0.25) is 5.91 Å². The van der Waals surface area contributed by atoms with Crippen LogP contribution in [-0.2, 0) is 9.59 Å². The number of carboxylic acids is 1. The van der Waals surface area contributed by atoms with Crippen LogP contribution in [-0.4, -0.2) is 30.1 Å². The second-order valence-corrected chi connectivity index (χ2v) is 5.41. The van der Waals surface area contributed by atoms with Crippen LogP contribution in [0.3, 0.4) is 0 Å². The first kappa shape index (κ1) is 17.2. The van der Waals surface area contributed by atoms with Crippen molar-refractivity contribution >= 4 is 17.6 Å². The Morgan fingerprint density at radius 1 is 1.24 bits per heavy atom. The normalized spacial score (nSPS) is 12.2. The summed E-state index contributed by atoms with van der Waals surface area (Å²) >= 11 is 0. The number of carboxylic acid groups (broad SMARTS) is 1. The number of benzene rings is 1. The van der Waals surface area contributed by atoms with Crippen LogP contribution >= 0.6 is 0 Å². The van der Waals surface area contributed by atoms with Crippen molar-refractivity contribution in [3.05, 3.63) is 30.3 Å². The average Bonchev–Trinajstić information content (AvgIpc) is 2.44. The highest BCUT2D eigenvalue weighted by Crippen LogP contribution is 2.20. The maximum atomic E-state index is 12.7. The monoisotopic (exact) mass is 292 g/mol. The highest BCUT2D eigenvalue weighted by molar-refractivity contribution is 5.95. The van der Waals surface area contributed by atoms with E-state index in [1.54, 1.807) is 4.90 Å². The fourth-order valence-electron chi connectivity index (χ4n) is 2.22. The van der Waals surface area contributed by atoms with Crippen molar-refractivity contribution in [2.75, 3.05) is 18.0 Å². The first-order valence-electron chi connectivity index (χ1n) is 7.25. The predicted octanol–water partition coefficient (Wildman–Crippen LogP) is 2.12. The Bertz CT molecular complexity index is 460. The van der Waals surface area contributed by atoms with Crippen LogP contribution in [0.5, 0.6) is 0 Å². The lowest BCUT2D eigenvalue weighted by Gasteiger charge is -2.28. The standard InChI is InChI=1S/C16H24N2O3/c1-12(2)14(11-17)16(21)18(10-6-9-15(19)20)13-7-4-3-5-8-13/h3-5,7-8,12,14H,6,9-11,17H2,1-2H3,(H,19,20). The molecule has 0 saturated heterocycles. The van der Waals surface area contributed by atoms with Gasteiger partial charge < -0.3 is 15.7 Å². The van der Waals surface area contributed by atoms with Crippen molar-refractivity contribution in [2.24, 2.45) is 17.6 Å². The minimum atomic E-state index is -0.852. The largest absolute Gasteiger partial charge is 0.481 e. The van der Waals surface area contributed by atoms with Gasteiger partial charge in [0.25, 0.3) is 0 Å². The van der Waals surface area contributed by atoms with Crippen molar-refractivity contribution < 1.29 is 14.7 Å². The zero-order valence-corrected chi connectivity index (χ0v) is 12.7. The Labute approximate surface area is 125 Å². The molecule has 1 amide bonds. The Morgan fingerprint density at radius 2 is 1.86 bits per heavy atom. The van der Waals surface area contributed by atoms with Crippen LogP contribution < -0.4 is 10.6 Å². The quantitative estimate of drug-likeness (QED) is 0.768. The minimum Gasteiger partial charge on any atom is -0.481 e. The summed E-state index contributed by atoms with van der Waals surface area (Å²) in [4.78, 5) is 25.0. The van der Waals surface area contributed by atoms with Crippen LogP contribution in [0.2, 0.25) is 0 Å². The van der Waals surface area contributed by atoms with Crippen molar-refractivity contribution in [1.29, 1.82) is 0 Å². The highest BCUT2D eigenvalue weighted by atomic mass is 16.4. The van der Waals surface area contributed by atoms with E-state index in [9.17, 15) is 9.59 Å². The molecule has 1 aromatic rings. The van der Waals surface area contributed by atoms with Gasteiger partial charge in [-0.15, -0.1) is 0 Å². The summed E-state index contributed by atoms with van der Waals surface area (Å²) in [7, 11) is 0. The molecule has 0 aliphatic carbocycles. The maximum Gasteiger partial charge on any atom is 0.303 e. The zero-order chi connectivity index (χ0) is 15.8. The lowest BCUT2D eigenvalue weighted by molar-refractivity contribution is -0.137. The van der Waals surface area contributed by atoms with Gasteiger partial charge in [-0.05, 0) is 24.5 Å². The van der Waals surface area contributed by atoms with Crippen molar-refractivity contribution in [3.8, 4) is 0 Å². The molecule has 0 fully saturated rings. The molecule has 0 heterocycles. The molecule has 0 saturated carbocycles. The van der Waals surface area contributed by atoms with E-state index in [1.807, 2.05) is 44.2 Å². The Hall–Kier alpha value is -1.88. The second-order valence-electron chi connectivity index (χ2n) is 5.41. The predicted molar refractivity (Wildman–Crippen MR) is 83.0 cm³/mol. The number of aliphatic carboxylic acids is 1. The van der Waals surface area contributed by atoms with Gasteiger partial charge in [-0.3, -0.25) is 9.59 Å². The Kier molecular flexibility index (Phi) is 6.88. The molecule has 0 spiro atoms. The molecule has 0 bridgehead atoms. The lowest BCUT2D eigenvalue weighted by Crippen LogP contribution is -2.42. The molecule has 0 radical (unpaired) electrons. The molecule has 116 valence electrons. The van der Waals surface area contributed by atoms with Crippen LogP contribution in [0.25, 0.3) is 0 Å². The summed E-state index contributed by atoms with van der Waals surface area (Å²) in [6.45, 7) is 4.61. The molecule has 0 aliphatic rings. The fourth-order valence-corrected chi connectivity index (χ4v) is 2.22. The summed E-state index contributed by atoms with van der Waals surface area (Å²) in [6, 6.07) is 9.31. The second kappa shape index (κ2) is 8.42. The molecule has 1 atom stereocenters. The zero-order valence-electron chi connectivity index (χ0n) is 12.7. The van der Waals surface area contributed by atoms with E-state index in [0.717, 1.165) is 5.69 Å². The number of nitrogens with two attached hydrogens (primary N) is 1. The third kappa shape index (κ3) is 5.19. The van der Waals surface area contributed by atoms with Gasteiger partial charge in [-0.25, -0.2) is 0 Å². The number of carbonyl (C=O) groups excluding carboxylic acids is 1. The van der Waals surface area contributed by atoms with E-state index in [4.69, 9.17) is 10.8 Å². The van der Waals surface area contributed by atoms with Crippen molar-refractivity contribution in [1.82, 2.24) is 0 Å². The van der Waals surface area contributed by atoms with Gasteiger partial charge in [-0.2, -0.15) is 0 Å². The van der Waals surface area contributed by atoms with E-state index < -0.39 is 5.97 Å². The Balaban J connectivity index is 2.90. The molecular weight excluding hydrogens is 268 g/mol. The van der Waals surface area contributed by atoms with E-state index >= 15 is 0 Å². The topological polar surface area (TPSA) is 83.6 Å². The molecule has 21 heavy (non-hydrogen) atoms. The van der Waals surface area contributed by atoms with Gasteiger partial charge in [0.1, 0.15) is 0 Å². The van der Waals surface area contributed by atoms with E-state index in [1.165, 1.54) is 0 Å². The molecule has 0 aliphatic heterocycles. The molecule has 0 aromatic heterocycles. The minimum absolute atomic E-state index is 0.0379. The number of nitrogens with zero attached hydrogens (tertiary/aromatic N) is 1. The molecule has 5 nitrogen and oxygen atoms in total. The first-order chi connectivity index (χ1) is 9.97. The number of hydrogen-bond donors (Lipinski definition) is 2. The van der Waals surface area contributed by atoms with Gasteiger partial charge in [0, 0.05) is 25.2 Å².